The van der Waals surface area contributed by atoms with Gasteiger partial charge in [0.25, 0.3) is 0 Å². The highest BCUT2D eigenvalue weighted by atomic mass is 15.6. The molecule has 0 saturated heterocycles. The van der Waals surface area contributed by atoms with Crippen LogP contribution in [0.2, 0.25) is 0 Å². The van der Waals surface area contributed by atoms with Crippen molar-refractivity contribution in [1.29, 1.82) is 5.41 Å². The Hall–Kier alpha value is -4.58. The number of nitrogens with zero attached hydrogens (tertiary/aromatic N) is 3. The van der Waals surface area contributed by atoms with Crippen molar-refractivity contribution < 1.29 is 0 Å². The fourth-order valence-electron chi connectivity index (χ4n) is 3.67. The van der Waals surface area contributed by atoms with Gasteiger partial charge in [-0.2, -0.15) is 5.01 Å². The topological polar surface area (TPSA) is 80.7 Å². The van der Waals surface area contributed by atoms with Crippen LogP contribution in [0.1, 0.15) is 11.1 Å². The molecule has 0 saturated carbocycles. The molecule has 4 N–H and O–H groups in total. The van der Waals surface area contributed by atoms with Crippen molar-refractivity contribution in [2.24, 2.45) is 10.8 Å². The summed E-state index contributed by atoms with van der Waals surface area (Å²) in [5.41, 5.74) is 12.2. The van der Waals surface area contributed by atoms with Gasteiger partial charge in [-0.05, 0) is 61.4 Å². The van der Waals surface area contributed by atoms with Gasteiger partial charge in [0.2, 0.25) is 11.9 Å². The summed E-state index contributed by atoms with van der Waals surface area (Å²) in [5, 5.41) is 18.1. The van der Waals surface area contributed by atoms with Crippen LogP contribution in [0.15, 0.2) is 114 Å². The lowest BCUT2D eigenvalue weighted by Gasteiger charge is -2.29. The zero-order valence-electron chi connectivity index (χ0n) is 19.3. The van der Waals surface area contributed by atoms with Gasteiger partial charge in [-0.15, -0.1) is 5.10 Å². The van der Waals surface area contributed by atoms with Crippen LogP contribution in [0.25, 0.3) is 0 Å². The van der Waals surface area contributed by atoms with Crippen LogP contribution >= 0.6 is 0 Å². The summed E-state index contributed by atoms with van der Waals surface area (Å²) in [6.45, 7) is 4.09. The first-order valence-electron chi connectivity index (χ1n) is 11.1. The maximum absolute atomic E-state index is 8.78. The molecular weight excluding hydrogens is 420 g/mol. The van der Waals surface area contributed by atoms with E-state index in [1.807, 2.05) is 128 Å². The number of nitrogens with one attached hydrogen (secondary N) is 2. The van der Waals surface area contributed by atoms with Crippen molar-refractivity contribution >= 4 is 34.7 Å². The van der Waals surface area contributed by atoms with Crippen molar-refractivity contribution in [2.45, 2.75) is 13.8 Å². The summed E-state index contributed by atoms with van der Waals surface area (Å²) in [6, 6.07) is 35.2. The Bertz CT molecular complexity index is 1240. The fraction of sp³-hybridized carbons (Fsp3) is 0.0714. The molecule has 0 bridgehead atoms. The first-order chi connectivity index (χ1) is 16.5. The number of anilines is 4. The monoisotopic (exact) mass is 448 g/mol. The lowest BCUT2D eigenvalue weighted by Crippen LogP contribution is -2.40. The zero-order valence-corrected chi connectivity index (χ0v) is 19.3. The second-order valence-corrected chi connectivity index (χ2v) is 7.85. The van der Waals surface area contributed by atoms with Gasteiger partial charge in [0.15, 0.2) is 0 Å². The summed E-state index contributed by atoms with van der Waals surface area (Å²) in [4.78, 5) is 1.93. The number of nitrogens with two attached hydrogens (primary N) is 1. The van der Waals surface area contributed by atoms with Crippen LogP contribution in [0, 0.1) is 19.3 Å². The van der Waals surface area contributed by atoms with E-state index in [1.165, 1.54) is 5.01 Å². The van der Waals surface area contributed by atoms with E-state index in [2.05, 4.69) is 5.32 Å². The third kappa shape index (κ3) is 5.07. The molecule has 170 valence electrons. The molecule has 4 aromatic carbocycles. The van der Waals surface area contributed by atoms with E-state index >= 15 is 0 Å². The van der Waals surface area contributed by atoms with E-state index in [1.54, 1.807) is 0 Å². The summed E-state index contributed by atoms with van der Waals surface area (Å²) in [7, 11) is 0. The Morgan fingerprint density at radius 1 is 0.706 bits per heavy atom. The molecule has 0 atom stereocenters. The Morgan fingerprint density at radius 3 is 1.71 bits per heavy atom. The minimum Gasteiger partial charge on any atom is -0.368 e. The van der Waals surface area contributed by atoms with Gasteiger partial charge >= 0.3 is 0 Å². The average Bonchev–Trinajstić information content (AvgIpc) is 2.86. The quantitative estimate of drug-likeness (QED) is 0.192. The van der Waals surface area contributed by atoms with E-state index < -0.39 is 0 Å². The number of aryl methyl sites for hydroxylation is 2. The maximum Gasteiger partial charge on any atom is 0.224 e. The van der Waals surface area contributed by atoms with Crippen LogP contribution in [-0.2, 0) is 0 Å². The van der Waals surface area contributed by atoms with E-state index in [0.717, 1.165) is 28.2 Å². The minimum atomic E-state index is 0.0786. The van der Waals surface area contributed by atoms with E-state index in [9.17, 15) is 0 Å². The smallest absolute Gasteiger partial charge is 0.224 e. The molecule has 0 radical (unpaired) electrons. The third-order valence-electron chi connectivity index (χ3n) is 5.39. The third-order valence-corrected chi connectivity index (χ3v) is 5.39. The predicted octanol–water partition coefficient (Wildman–Crippen LogP) is 6.22. The molecule has 0 spiro atoms. The van der Waals surface area contributed by atoms with Crippen LogP contribution in [0.4, 0.5) is 22.7 Å². The highest BCUT2D eigenvalue weighted by molar-refractivity contribution is 6.08. The van der Waals surface area contributed by atoms with Crippen molar-refractivity contribution in [3.63, 3.8) is 0 Å². The fourth-order valence-corrected chi connectivity index (χ4v) is 3.67. The summed E-state index contributed by atoms with van der Waals surface area (Å²) in [5.74, 6) is 0.321. The molecule has 0 heterocycles. The summed E-state index contributed by atoms with van der Waals surface area (Å²) in [6.07, 6.45) is 0. The molecule has 0 fully saturated rings. The lowest BCUT2D eigenvalue weighted by molar-refractivity contribution is 1.07. The van der Waals surface area contributed by atoms with Gasteiger partial charge in [0, 0.05) is 5.69 Å². The van der Waals surface area contributed by atoms with E-state index in [0.29, 0.717) is 5.69 Å². The minimum absolute atomic E-state index is 0.0786. The Balaban J connectivity index is 1.80. The van der Waals surface area contributed by atoms with Crippen molar-refractivity contribution in [3.05, 3.63) is 120 Å². The van der Waals surface area contributed by atoms with Crippen LogP contribution < -0.4 is 21.0 Å². The molecule has 0 aliphatic heterocycles. The number of hydrogen-bond donors (Lipinski definition) is 3. The molecule has 4 aromatic rings. The van der Waals surface area contributed by atoms with Gasteiger partial charge in [-0.25, -0.2) is 0 Å². The highest BCUT2D eigenvalue weighted by Crippen LogP contribution is 2.31. The van der Waals surface area contributed by atoms with E-state index in [-0.39, 0.29) is 11.9 Å². The highest BCUT2D eigenvalue weighted by Gasteiger charge is 2.20. The second-order valence-electron chi connectivity index (χ2n) is 7.85. The molecule has 0 aliphatic rings. The summed E-state index contributed by atoms with van der Waals surface area (Å²) >= 11 is 0. The van der Waals surface area contributed by atoms with Gasteiger partial charge in [-0.1, -0.05) is 72.8 Å². The molecule has 0 amide bonds. The second kappa shape index (κ2) is 10.4. The van der Waals surface area contributed by atoms with Gasteiger partial charge < -0.3 is 11.1 Å². The lowest BCUT2D eigenvalue weighted by atomic mass is 10.1. The molecule has 0 unspecified atom stereocenters. The summed E-state index contributed by atoms with van der Waals surface area (Å²) < 4.78 is 0. The number of para-hydroxylation sites is 4. The first kappa shape index (κ1) is 22.6. The van der Waals surface area contributed by atoms with Gasteiger partial charge in [-0.3, -0.25) is 10.3 Å². The van der Waals surface area contributed by atoms with Gasteiger partial charge in [0.1, 0.15) is 0 Å². The largest absolute Gasteiger partial charge is 0.368 e. The number of hydrogen-bond acceptors (Lipinski definition) is 2. The molecule has 0 aliphatic carbocycles. The number of guanidine groups is 2. The molecule has 6 nitrogen and oxygen atoms in total. The Morgan fingerprint density at radius 2 is 1.18 bits per heavy atom. The SMILES string of the molecule is Cc1ccccc1N(C(N)=NN(C(=N)Nc1ccccc1)c1ccccc1)c1ccccc1C. The van der Waals surface area contributed by atoms with Gasteiger partial charge in [0.05, 0.1) is 17.1 Å². The average molecular weight is 449 g/mol. The maximum atomic E-state index is 8.78. The Kier molecular flexibility index (Phi) is 6.89. The molecule has 34 heavy (non-hydrogen) atoms. The van der Waals surface area contributed by atoms with Crippen molar-refractivity contribution in [3.8, 4) is 0 Å². The van der Waals surface area contributed by atoms with Crippen LogP contribution in [-0.4, -0.2) is 11.9 Å². The normalized spacial score (nSPS) is 11.1. The number of hydrazone groups is 1. The molecule has 0 aromatic heterocycles. The standard InChI is InChI=1S/C28H28N6/c1-21-13-9-11-19-25(21)33(26-20-12-10-14-22(26)2)28(30)32-34(24-17-7-4-8-18-24)27(29)31-23-15-5-3-6-16-23/h3-20H,1-2H3,(H2,29,31)(H2,30,32). The number of benzene rings is 4. The van der Waals surface area contributed by atoms with Crippen LogP contribution in [0.5, 0.6) is 0 Å². The van der Waals surface area contributed by atoms with Crippen molar-refractivity contribution in [2.75, 3.05) is 15.2 Å². The first-order valence-corrected chi connectivity index (χ1v) is 11.1. The molecule has 4 rings (SSSR count). The molecular formula is C28H28N6. The van der Waals surface area contributed by atoms with E-state index in [4.69, 9.17) is 16.2 Å². The molecule has 6 heteroatoms. The number of rotatable bonds is 5. The zero-order chi connectivity index (χ0) is 23.9. The van der Waals surface area contributed by atoms with Crippen molar-refractivity contribution in [1.82, 2.24) is 0 Å². The predicted molar refractivity (Wildman–Crippen MR) is 143 cm³/mol. The van der Waals surface area contributed by atoms with Crippen LogP contribution in [0.3, 0.4) is 0 Å². The Labute approximate surface area is 200 Å².